The number of hydrogen-bond acceptors (Lipinski definition) is 5. The number of Topliss-reactive ketones (excluding diaryl/α,β-unsaturated/α-hetero) is 1. The zero-order chi connectivity index (χ0) is 13.4. The highest BCUT2D eigenvalue weighted by Crippen LogP contribution is 2.36. The number of thiazole rings is 1. The second-order valence-corrected chi connectivity index (χ2v) is 5.35. The van der Waals surface area contributed by atoms with Gasteiger partial charge in [-0.1, -0.05) is 0 Å². The lowest BCUT2D eigenvalue weighted by Gasteiger charge is -2.18. The van der Waals surface area contributed by atoms with Crippen LogP contribution >= 0.6 is 11.3 Å². The van der Waals surface area contributed by atoms with Crippen molar-refractivity contribution < 1.29 is 14.3 Å². The first-order valence-corrected chi connectivity index (χ1v) is 6.85. The fourth-order valence-electron chi connectivity index (χ4n) is 2.02. The standard InChI is InChI=1S/C14H13NO3S/c1-8-13(9(2)16)19-14(15-8)10-3-4-11-12(7-10)18-6-5-17-11/h3-4,7H,5-6H2,1-2H3. The third-order valence-corrected chi connectivity index (χ3v) is 4.21. The molecule has 2 aromatic rings. The van der Waals surface area contributed by atoms with Crippen LogP contribution in [0.3, 0.4) is 0 Å². The minimum Gasteiger partial charge on any atom is -0.486 e. The lowest BCUT2D eigenvalue weighted by Crippen LogP contribution is -2.15. The molecule has 0 atom stereocenters. The molecule has 0 fully saturated rings. The molecule has 1 aromatic carbocycles. The van der Waals surface area contributed by atoms with E-state index >= 15 is 0 Å². The Balaban J connectivity index is 2.02. The smallest absolute Gasteiger partial charge is 0.171 e. The fraction of sp³-hybridized carbons (Fsp3) is 0.286. The largest absolute Gasteiger partial charge is 0.486 e. The summed E-state index contributed by atoms with van der Waals surface area (Å²) in [5, 5.41) is 0.833. The Morgan fingerprint density at radius 3 is 2.68 bits per heavy atom. The Labute approximate surface area is 115 Å². The van der Waals surface area contributed by atoms with Gasteiger partial charge in [0.1, 0.15) is 18.2 Å². The van der Waals surface area contributed by atoms with Crippen LogP contribution in [-0.2, 0) is 0 Å². The summed E-state index contributed by atoms with van der Waals surface area (Å²) in [6, 6.07) is 5.74. The molecule has 0 bridgehead atoms. The quantitative estimate of drug-likeness (QED) is 0.790. The molecule has 0 spiro atoms. The number of fused-ring (bicyclic) bond motifs is 1. The summed E-state index contributed by atoms with van der Waals surface area (Å²) in [5.74, 6) is 1.55. The normalized spacial score (nSPS) is 13.4. The summed E-state index contributed by atoms with van der Waals surface area (Å²) in [6.07, 6.45) is 0. The highest BCUT2D eigenvalue weighted by atomic mass is 32.1. The number of aryl methyl sites for hydroxylation is 1. The van der Waals surface area contributed by atoms with E-state index in [1.165, 1.54) is 11.3 Å². The number of rotatable bonds is 2. The average molecular weight is 275 g/mol. The maximum Gasteiger partial charge on any atom is 0.171 e. The van der Waals surface area contributed by atoms with E-state index in [9.17, 15) is 4.79 Å². The first-order chi connectivity index (χ1) is 9.15. The van der Waals surface area contributed by atoms with E-state index in [1.807, 2.05) is 25.1 Å². The van der Waals surface area contributed by atoms with Gasteiger partial charge in [-0.2, -0.15) is 0 Å². The molecular weight excluding hydrogens is 262 g/mol. The summed E-state index contributed by atoms with van der Waals surface area (Å²) in [4.78, 5) is 16.6. The van der Waals surface area contributed by atoms with Crippen molar-refractivity contribution in [3.63, 3.8) is 0 Å². The Morgan fingerprint density at radius 2 is 2.00 bits per heavy atom. The third kappa shape index (κ3) is 2.21. The molecule has 5 heteroatoms. The van der Waals surface area contributed by atoms with Gasteiger partial charge < -0.3 is 9.47 Å². The molecular formula is C14H13NO3S. The van der Waals surface area contributed by atoms with Crippen LogP contribution in [0.1, 0.15) is 22.3 Å². The van der Waals surface area contributed by atoms with Crippen molar-refractivity contribution in [2.24, 2.45) is 0 Å². The first-order valence-electron chi connectivity index (χ1n) is 6.03. The maximum atomic E-state index is 11.5. The lowest BCUT2D eigenvalue weighted by molar-refractivity contribution is 0.102. The van der Waals surface area contributed by atoms with Gasteiger partial charge >= 0.3 is 0 Å². The number of carbonyl (C=O) groups is 1. The maximum absolute atomic E-state index is 11.5. The molecule has 0 aliphatic carbocycles. The number of aromatic nitrogens is 1. The summed E-state index contributed by atoms with van der Waals surface area (Å²) < 4.78 is 11.0. The zero-order valence-corrected chi connectivity index (χ0v) is 11.5. The van der Waals surface area contributed by atoms with Gasteiger partial charge in [0.25, 0.3) is 0 Å². The Kier molecular flexibility index (Phi) is 2.98. The Bertz CT molecular complexity index is 648. The van der Waals surface area contributed by atoms with Crippen LogP contribution in [0.4, 0.5) is 0 Å². The fourth-order valence-corrected chi connectivity index (χ4v) is 2.98. The van der Waals surface area contributed by atoms with E-state index in [4.69, 9.17) is 9.47 Å². The highest BCUT2D eigenvalue weighted by Gasteiger charge is 2.16. The average Bonchev–Trinajstić information content (AvgIpc) is 2.80. The van der Waals surface area contributed by atoms with Crippen molar-refractivity contribution >= 4 is 17.1 Å². The molecule has 0 unspecified atom stereocenters. The van der Waals surface area contributed by atoms with E-state index in [-0.39, 0.29) is 5.78 Å². The van der Waals surface area contributed by atoms with Crippen molar-refractivity contribution in [1.82, 2.24) is 4.98 Å². The van der Waals surface area contributed by atoms with Gasteiger partial charge in [0.2, 0.25) is 0 Å². The Hall–Kier alpha value is -1.88. The molecule has 0 saturated carbocycles. The molecule has 1 aliphatic rings. The molecule has 0 amide bonds. The van der Waals surface area contributed by atoms with Crippen molar-refractivity contribution in [3.8, 4) is 22.1 Å². The van der Waals surface area contributed by atoms with Crippen molar-refractivity contribution in [2.75, 3.05) is 13.2 Å². The lowest BCUT2D eigenvalue weighted by atomic mass is 10.2. The summed E-state index contributed by atoms with van der Waals surface area (Å²) >= 11 is 1.41. The molecule has 19 heavy (non-hydrogen) atoms. The SMILES string of the molecule is CC(=O)c1sc(-c2ccc3c(c2)OCCO3)nc1C. The van der Waals surface area contributed by atoms with Gasteiger partial charge in [-0.05, 0) is 25.1 Å². The van der Waals surface area contributed by atoms with Gasteiger partial charge in [0.05, 0.1) is 10.6 Å². The number of benzene rings is 1. The van der Waals surface area contributed by atoms with Crippen molar-refractivity contribution in [3.05, 3.63) is 28.8 Å². The Morgan fingerprint density at radius 1 is 1.26 bits per heavy atom. The molecule has 2 heterocycles. The monoisotopic (exact) mass is 275 g/mol. The van der Waals surface area contributed by atoms with E-state index in [0.717, 1.165) is 27.8 Å². The predicted octanol–water partition coefficient (Wildman–Crippen LogP) is 3.09. The van der Waals surface area contributed by atoms with Crippen LogP contribution in [-0.4, -0.2) is 24.0 Å². The minimum atomic E-state index is 0.0544. The van der Waals surface area contributed by atoms with Crippen molar-refractivity contribution in [2.45, 2.75) is 13.8 Å². The zero-order valence-electron chi connectivity index (χ0n) is 10.7. The van der Waals surface area contributed by atoms with Crippen LogP contribution in [0.5, 0.6) is 11.5 Å². The van der Waals surface area contributed by atoms with Crippen LogP contribution in [0, 0.1) is 6.92 Å². The van der Waals surface area contributed by atoms with Gasteiger partial charge in [-0.3, -0.25) is 4.79 Å². The van der Waals surface area contributed by atoms with Crippen LogP contribution < -0.4 is 9.47 Å². The summed E-state index contributed by atoms with van der Waals surface area (Å²) in [7, 11) is 0. The molecule has 0 saturated heterocycles. The second-order valence-electron chi connectivity index (χ2n) is 4.35. The van der Waals surface area contributed by atoms with Gasteiger partial charge in [0, 0.05) is 12.5 Å². The highest BCUT2D eigenvalue weighted by molar-refractivity contribution is 7.17. The van der Waals surface area contributed by atoms with E-state index < -0.39 is 0 Å². The second kappa shape index (κ2) is 4.66. The molecule has 3 rings (SSSR count). The van der Waals surface area contributed by atoms with Crippen LogP contribution in [0.2, 0.25) is 0 Å². The van der Waals surface area contributed by atoms with Gasteiger partial charge in [-0.25, -0.2) is 4.98 Å². The van der Waals surface area contributed by atoms with Crippen LogP contribution in [0.15, 0.2) is 18.2 Å². The van der Waals surface area contributed by atoms with Gasteiger partial charge in [-0.15, -0.1) is 11.3 Å². The predicted molar refractivity (Wildman–Crippen MR) is 73.3 cm³/mol. The van der Waals surface area contributed by atoms with E-state index in [2.05, 4.69) is 4.98 Å². The summed E-state index contributed by atoms with van der Waals surface area (Å²) in [6.45, 7) is 4.56. The number of carbonyl (C=O) groups excluding carboxylic acids is 1. The number of ketones is 1. The van der Waals surface area contributed by atoms with E-state index in [1.54, 1.807) is 6.92 Å². The third-order valence-electron chi connectivity index (χ3n) is 2.91. The first kappa shape index (κ1) is 12.2. The van der Waals surface area contributed by atoms with Crippen molar-refractivity contribution in [1.29, 1.82) is 0 Å². The van der Waals surface area contributed by atoms with Gasteiger partial charge in [0.15, 0.2) is 17.3 Å². The molecule has 0 N–H and O–H groups in total. The summed E-state index contributed by atoms with van der Waals surface area (Å²) in [5.41, 5.74) is 1.73. The number of ether oxygens (including phenoxy) is 2. The molecule has 1 aromatic heterocycles. The van der Waals surface area contributed by atoms with Crippen LogP contribution in [0.25, 0.3) is 10.6 Å². The molecule has 4 nitrogen and oxygen atoms in total. The number of nitrogens with zero attached hydrogens (tertiary/aromatic N) is 1. The topological polar surface area (TPSA) is 48.4 Å². The molecule has 1 aliphatic heterocycles. The minimum absolute atomic E-state index is 0.0544. The number of hydrogen-bond donors (Lipinski definition) is 0. The van der Waals surface area contributed by atoms with E-state index in [0.29, 0.717) is 18.1 Å². The molecule has 98 valence electrons. The molecule has 0 radical (unpaired) electrons.